The number of urea groups is 1. The van der Waals surface area contributed by atoms with E-state index in [1.807, 2.05) is 39.0 Å². The normalized spacial score (nSPS) is 13.0. The van der Waals surface area contributed by atoms with Gasteiger partial charge in [0.25, 0.3) is 0 Å². The summed E-state index contributed by atoms with van der Waals surface area (Å²) in [7, 11) is 1.56. The molecule has 0 saturated heterocycles. The molecule has 2 atom stereocenters. The third-order valence-corrected chi connectivity index (χ3v) is 3.94. The second-order valence-electron chi connectivity index (χ2n) is 6.13. The van der Waals surface area contributed by atoms with E-state index in [9.17, 15) is 9.90 Å². The predicted octanol–water partition coefficient (Wildman–Crippen LogP) is 2.80. The molecule has 6 nitrogen and oxygen atoms in total. The molecule has 1 aromatic heterocycles. The van der Waals surface area contributed by atoms with Crippen molar-refractivity contribution in [2.45, 2.75) is 32.9 Å². The lowest BCUT2D eigenvalue weighted by Crippen LogP contribution is -2.39. The van der Waals surface area contributed by atoms with Crippen molar-refractivity contribution in [2.24, 2.45) is 0 Å². The molecule has 2 rings (SSSR count). The Bertz CT molecular complexity index is 713. The molecule has 2 amide bonds. The number of rotatable bonds is 6. The van der Waals surface area contributed by atoms with Crippen molar-refractivity contribution in [2.75, 3.05) is 13.7 Å². The summed E-state index contributed by atoms with van der Waals surface area (Å²) >= 11 is 0. The molecule has 3 N–H and O–H groups in total. The number of hydrogen-bond donors (Lipinski definition) is 3. The molecular weight excluding hydrogens is 318 g/mol. The minimum atomic E-state index is -0.755. The number of methoxy groups -OCH3 is 1. The molecule has 0 radical (unpaired) electrons. The number of nitrogens with one attached hydrogen (secondary N) is 2. The zero-order valence-corrected chi connectivity index (χ0v) is 15.0. The second kappa shape index (κ2) is 8.48. The van der Waals surface area contributed by atoms with Gasteiger partial charge in [0.05, 0.1) is 25.5 Å². The van der Waals surface area contributed by atoms with Crippen molar-refractivity contribution in [1.82, 2.24) is 15.6 Å². The first-order chi connectivity index (χ1) is 11.9. The number of aliphatic hydroxyl groups is 1. The van der Waals surface area contributed by atoms with Gasteiger partial charge in [-0.1, -0.05) is 29.3 Å². The van der Waals surface area contributed by atoms with E-state index in [1.165, 1.54) is 0 Å². The van der Waals surface area contributed by atoms with Crippen LogP contribution in [-0.4, -0.2) is 29.8 Å². The molecule has 0 fully saturated rings. The lowest BCUT2D eigenvalue weighted by atomic mass is 10.0. The Kier molecular flexibility index (Phi) is 6.36. The monoisotopic (exact) mass is 343 g/mol. The van der Waals surface area contributed by atoms with Crippen molar-refractivity contribution in [1.29, 1.82) is 0 Å². The maximum Gasteiger partial charge on any atom is 0.315 e. The Hall–Kier alpha value is -2.60. The maximum atomic E-state index is 12.1. The van der Waals surface area contributed by atoms with E-state index in [1.54, 1.807) is 25.6 Å². The minimum absolute atomic E-state index is 0.134. The van der Waals surface area contributed by atoms with Crippen LogP contribution in [-0.2, 0) is 0 Å². The van der Waals surface area contributed by atoms with E-state index in [-0.39, 0.29) is 18.6 Å². The molecule has 0 saturated carbocycles. The molecule has 0 aliphatic carbocycles. The van der Waals surface area contributed by atoms with Crippen molar-refractivity contribution >= 4 is 6.03 Å². The number of carbonyl (C=O) groups excluding carboxylic acids is 1. The van der Waals surface area contributed by atoms with Gasteiger partial charge in [-0.05, 0) is 32.4 Å². The van der Waals surface area contributed by atoms with Crippen LogP contribution in [0.3, 0.4) is 0 Å². The Balaban J connectivity index is 1.91. The lowest BCUT2D eigenvalue weighted by Gasteiger charge is -2.18. The number of ether oxygens (including phenoxy) is 1. The van der Waals surface area contributed by atoms with Gasteiger partial charge in [0.15, 0.2) is 0 Å². The summed E-state index contributed by atoms with van der Waals surface area (Å²) in [4.78, 5) is 16.1. The molecule has 0 aliphatic heterocycles. The molecule has 134 valence electrons. The summed E-state index contributed by atoms with van der Waals surface area (Å²) < 4.78 is 5.25. The number of aromatic nitrogens is 1. The first-order valence-corrected chi connectivity index (χ1v) is 8.19. The van der Waals surface area contributed by atoms with E-state index < -0.39 is 6.10 Å². The quantitative estimate of drug-likeness (QED) is 0.753. The molecule has 6 heteroatoms. The zero-order valence-electron chi connectivity index (χ0n) is 15.0. The SMILES string of the molecule is COc1cnccc1[C@H](C)NC(=O)NC[C@H](O)c1cc(C)cc(C)c1. The third-order valence-electron chi connectivity index (χ3n) is 3.94. The van der Waals surface area contributed by atoms with E-state index in [4.69, 9.17) is 4.74 Å². The van der Waals surface area contributed by atoms with Gasteiger partial charge in [0, 0.05) is 18.3 Å². The molecule has 0 unspecified atom stereocenters. The number of carbonyl (C=O) groups is 1. The number of aryl methyl sites for hydroxylation is 2. The Morgan fingerprint density at radius 1 is 1.28 bits per heavy atom. The fourth-order valence-electron chi connectivity index (χ4n) is 2.75. The topological polar surface area (TPSA) is 83.5 Å². The number of hydrogen-bond acceptors (Lipinski definition) is 4. The first-order valence-electron chi connectivity index (χ1n) is 8.19. The van der Waals surface area contributed by atoms with Crippen LogP contribution in [0.2, 0.25) is 0 Å². The van der Waals surface area contributed by atoms with E-state index in [0.29, 0.717) is 5.75 Å². The maximum absolute atomic E-state index is 12.1. The van der Waals surface area contributed by atoms with Gasteiger partial charge in [-0.15, -0.1) is 0 Å². The van der Waals surface area contributed by atoms with Crippen molar-refractivity contribution < 1.29 is 14.6 Å². The average Bonchev–Trinajstić information content (AvgIpc) is 2.58. The molecule has 0 aliphatic rings. The summed E-state index contributed by atoms with van der Waals surface area (Å²) in [5.74, 6) is 0.616. The van der Waals surface area contributed by atoms with Gasteiger partial charge in [-0.2, -0.15) is 0 Å². The fourth-order valence-corrected chi connectivity index (χ4v) is 2.75. The van der Waals surface area contributed by atoms with Gasteiger partial charge < -0.3 is 20.5 Å². The summed E-state index contributed by atoms with van der Waals surface area (Å²) in [6.45, 7) is 5.95. The Morgan fingerprint density at radius 3 is 2.60 bits per heavy atom. The highest BCUT2D eigenvalue weighted by Crippen LogP contribution is 2.23. The van der Waals surface area contributed by atoms with Crippen molar-refractivity contribution in [3.63, 3.8) is 0 Å². The summed E-state index contributed by atoms with van der Waals surface area (Å²) in [5.41, 5.74) is 3.79. The van der Waals surface area contributed by atoms with Crippen molar-refractivity contribution in [3.8, 4) is 5.75 Å². The van der Waals surface area contributed by atoms with Crippen LogP contribution in [0.25, 0.3) is 0 Å². The number of amides is 2. The van der Waals surface area contributed by atoms with E-state index in [0.717, 1.165) is 22.3 Å². The van der Waals surface area contributed by atoms with Crippen molar-refractivity contribution in [3.05, 3.63) is 58.9 Å². The fraction of sp³-hybridized carbons (Fsp3) is 0.368. The highest BCUT2D eigenvalue weighted by molar-refractivity contribution is 5.74. The van der Waals surface area contributed by atoms with Gasteiger partial charge in [0.1, 0.15) is 5.75 Å². The molecule has 1 aromatic carbocycles. The predicted molar refractivity (Wildman–Crippen MR) is 96.6 cm³/mol. The molecule has 25 heavy (non-hydrogen) atoms. The second-order valence-corrected chi connectivity index (χ2v) is 6.13. The minimum Gasteiger partial charge on any atom is -0.495 e. The highest BCUT2D eigenvalue weighted by Gasteiger charge is 2.15. The van der Waals surface area contributed by atoms with Crippen LogP contribution in [0.15, 0.2) is 36.7 Å². The standard InChI is InChI=1S/C19H25N3O3/c1-12-7-13(2)9-15(8-12)17(23)10-21-19(24)22-14(3)16-5-6-20-11-18(16)25-4/h5-9,11,14,17,23H,10H2,1-4H3,(H2,21,22,24)/t14-,17-/m0/s1. The summed E-state index contributed by atoms with van der Waals surface area (Å²) in [6.07, 6.45) is 2.50. The van der Waals surface area contributed by atoms with Crippen LogP contribution in [0.5, 0.6) is 5.75 Å². The van der Waals surface area contributed by atoms with Crippen LogP contribution >= 0.6 is 0 Å². The number of pyridine rings is 1. The first kappa shape index (κ1) is 18.7. The molecule has 1 heterocycles. The molecule has 2 aromatic rings. The Labute approximate surface area is 148 Å². The molecule has 0 bridgehead atoms. The summed E-state index contributed by atoms with van der Waals surface area (Å²) in [6, 6.07) is 7.07. The third kappa shape index (κ3) is 5.19. The molecular formula is C19H25N3O3. The van der Waals surface area contributed by atoms with Crippen LogP contribution < -0.4 is 15.4 Å². The van der Waals surface area contributed by atoms with Gasteiger partial charge in [0.2, 0.25) is 0 Å². The van der Waals surface area contributed by atoms with Crippen LogP contribution in [0.1, 0.15) is 41.3 Å². The molecule has 0 spiro atoms. The number of nitrogens with zero attached hydrogens (tertiary/aromatic N) is 1. The van der Waals surface area contributed by atoms with Crippen LogP contribution in [0, 0.1) is 13.8 Å². The highest BCUT2D eigenvalue weighted by atomic mass is 16.5. The van der Waals surface area contributed by atoms with Gasteiger partial charge >= 0.3 is 6.03 Å². The van der Waals surface area contributed by atoms with Gasteiger partial charge in [-0.3, -0.25) is 4.98 Å². The zero-order chi connectivity index (χ0) is 18.4. The largest absolute Gasteiger partial charge is 0.495 e. The van der Waals surface area contributed by atoms with E-state index in [2.05, 4.69) is 15.6 Å². The van der Waals surface area contributed by atoms with Crippen LogP contribution in [0.4, 0.5) is 4.79 Å². The van der Waals surface area contributed by atoms with Gasteiger partial charge in [-0.25, -0.2) is 4.79 Å². The Morgan fingerprint density at radius 2 is 1.96 bits per heavy atom. The lowest BCUT2D eigenvalue weighted by molar-refractivity contribution is 0.172. The average molecular weight is 343 g/mol. The smallest absolute Gasteiger partial charge is 0.315 e. The number of aliphatic hydroxyl groups excluding tert-OH is 1. The number of benzene rings is 1. The van der Waals surface area contributed by atoms with E-state index >= 15 is 0 Å². The summed E-state index contributed by atoms with van der Waals surface area (Å²) in [5, 5.41) is 15.8.